The Labute approximate surface area is 232 Å². The molecule has 0 aliphatic carbocycles. The van der Waals surface area contributed by atoms with E-state index in [1.54, 1.807) is 0 Å². The van der Waals surface area contributed by atoms with Crippen LogP contribution in [0.3, 0.4) is 0 Å². The third-order valence-electron chi connectivity index (χ3n) is 8.12. The lowest BCUT2D eigenvalue weighted by molar-refractivity contribution is 1.53. The second-order valence-electron chi connectivity index (χ2n) is 10.4. The van der Waals surface area contributed by atoms with Gasteiger partial charge in [0.2, 0.25) is 0 Å². The molecule has 0 aliphatic rings. The van der Waals surface area contributed by atoms with Gasteiger partial charge in [-0.05, 0) is 67.6 Å². The summed E-state index contributed by atoms with van der Waals surface area (Å²) in [6, 6.07) is 49.8. The Kier molecular flexibility index (Phi) is 5.01. The molecule has 7 aromatic carbocycles. The molecule has 8 rings (SSSR count). The maximum absolute atomic E-state index is 6.41. The Bertz CT molecular complexity index is 2150. The van der Waals surface area contributed by atoms with Crippen molar-refractivity contribution >= 4 is 49.0 Å². The van der Waals surface area contributed by atoms with Gasteiger partial charge in [0.25, 0.3) is 0 Å². The van der Waals surface area contributed by atoms with E-state index in [0.29, 0.717) is 0 Å². The van der Waals surface area contributed by atoms with Gasteiger partial charge >= 0.3 is 0 Å². The van der Waals surface area contributed by atoms with Crippen molar-refractivity contribution in [3.63, 3.8) is 0 Å². The van der Waals surface area contributed by atoms with Gasteiger partial charge in [-0.15, -0.1) is 0 Å². The van der Waals surface area contributed by atoms with Crippen molar-refractivity contribution < 1.29 is 0 Å². The molecule has 0 radical (unpaired) electrons. The monoisotopic (exact) mass is 510 g/mol. The third-order valence-corrected chi connectivity index (χ3v) is 8.12. The molecule has 1 heterocycles. The zero-order valence-electron chi connectivity index (χ0n) is 21.9. The fourth-order valence-electron chi connectivity index (χ4n) is 6.37. The summed E-state index contributed by atoms with van der Waals surface area (Å²) in [7, 11) is 0. The summed E-state index contributed by atoms with van der Waals surface area (Å²) in [5.41, 5.74) is 16.7. The lowest BCUT2D eigenvalue weighted by atomic mass is 9.85. The van der Waals surface area contributed by atoms with E-state index < -0.39 is 0 Å². The van der Waals surface area contributed by atoms with Crippen molar-refractivity contribution in [1.29, 1.82) is 0 Å². The average Bonchev–Trinajstić information content (AvgIpc) is 3.38. The van der Waals surface area contributed by atoms with E-state index in [0.717, 1.165) is 33.2 Å². The van der Waals surface area contributed by atoms with Gasteiger partial charge in [-0.25, -0.2) is 0 Å². The highest BCUT2D eigenvalue weighted by Gasteiger charge is 2.17. The Morgan fingerprint density at radius 2 is 0.875 bits per heavy atom. The topological polar surface area (TPSA) is 41.8 Å². The first-order valence-electron chi connectivity index (χ1n) is 13.7. The SMILES string of the molecule is Nc1cc(-c2ccc(-c3c4ccccc4c(-c4ccccc4)c4ccccc34)cc2)c2[nH]c3ccccc3c2c1. The number of anilines is 1. The van der Waals surface area contributed by atoms with Gasteiger partial charge in [0.15, 0.2) is 0 Å². The van der Waals surface area contributed by atoms with E-state index in [9.17, 15) is 0 Å². The number of para-hydroxylation sites is 1. The molecule has 2 nitrogen and oxygen atoms in total. The molecule has 3 N–H and O–H groups in total. The molecule has 188 valence electrons. The van der Waals surface area contributed by atoms with Crippen LogP contribution >= 0.6 is 0 Å². The van der Waals surface area contributed by atoms with E-state index in [2.05, 4.69) is 145 Å². The van der Waals surface area contributed by atoms with Gasteiger partial charge in [0.1, 0.15) is 0 Å². The van der Waals surface area contributed by atoms with Gasteiger partial charge in [0, 0.05) is 27.5 Å². The van der Waals surface area contributed by atoms with Gasteiger partial charge in [0.05, 0.1) is 5.52 Å². The molecule has 0 amide bonds. The van der Waals surface area contributed by atoms with Gasteiger partial charge in [-0.1, -0.05) is 121 Å². The van der Waals surface area contributed by atoms with E-state index in [1.165, 1.54) is 49.2 Å². The van der Waals surface area contributed by atoms with Crippen LogP contribution in [0.4, 0.5) is 5.69 Å². The van der Waals surface area contributed by atoms with Crippen LogP contribution in [-0.4, -0.2) is 4.98 Å². The molecule has 0 aliphatic heterocycles. The van der Waals surface area contributed by atoms with Gasteiger partial charge < -0.3 is 10.7 Å². The molecule has 8 aromatic rings. The van der Waals surface area contributed by atoms with Crippen LogP contribution < -0.4 is 5.73 Å². The van der Waals surface area contributed by atoms with E-state index in [-0.39, 0.29) is 0 Å². The number of hydrogen-bond acceptors (Lipinski definition) is 1. The van der Waals surface area contributed by atoms with Crippen molar-refractivity contribution in [2.75, 3.05) is 5.73 Å². The highest BCUT2D eigenvalue weighted by atomic mass is 14.7. The smallest absolute Gasteiger partial charge is 0.0546 e. The zero-order chi connectivity index (χ0) is 26.6. The maximum atomic E-state index is 6.41. The standard InChI is InChI=1S/C38H26N2/c39-27-22-33(38-34(23-27)28-12-8-9-17-35(28)40-38)24-18-20-26(21-19-24)37-31-15-6-4-13-29(31)36(25-10-2-1-3-11-25)30-14-5-7-16-32(30)37/h1-23,40H,39H2. The molecule has 40 heavy (non-hydrogen) atoms. The number of aromatic nitrogens is 1. The number of nitrogens with two attached hydrogens (primary N) is 1. The van der Waals surface area contributed by atoms with Crippen molar-refractivity contribution in [2.24, 2.45) is 0 Å². The van der Waals surface area contributed by atoms with Crippen LogP contribution in [0.25, 0.3) is 76.7 Å². The molecule has 1 aromatic heterocycles. The Morgan fingerprint density at radius 3 is 1.48 bits per heavy atom. The first kappa shape index (κ1) is 22.6. The number of fused-ring (bicyclic) bond motifs is 5. The number of aromatic amines is 1. The molecule has 0 fully saturated rings. The largest absolute Gasteiger partial charge is 0.399 e. The lowest BCUT2D eigenvalue weighted by Crippen LogP contribution is -1.91. The molecular formula is C38H26N2. The average molecular weight is 511 g/mol. The summed E-state index contributed by atoms with van der Waals surface area (Å²) < 4.78 is 0. The summed E-state index contributed by atoms with van der Waals surface area (Å²) in [4.78, 5) is 3.63. The summed E-state index contributed by atoms with van der Waals surface area (Å²) in [6.45, 7) is 0. The number of nitrogens with one attached hydrogen (secondary N) is 1. The Balaban J connectivity index is 1.35. The highest BCUT2D eigenvalue weighted by molar-refractivity contribution is 6.21. The van der Waals surface area contributed by atoms with Crippen LogP contribution in [0.5, 0.6) is 0 Å². The van der Waals surface area contributed by atoms with E-state index in [1.807, 2.05) is 0 Å². The second kappa shape index (κ2) is 8.86. The minimum absolute atomic E-state index is 0.768. The molecule has 2 heteroatoms. The van der Waals surface area contributed by atoms with Crippen LogP contribution in [0, 0.1) is 0 Å². The summed E-state index contributed by atoms with van der Waals surface area (Å²) >= 11 is 0. The minimum atomic E-state index is 0.768. The first-order valence-corrected chi connectivity index (χ1v) is 13.7. The second-order valence-corrected chi connectivity index (χ2v) is 10.4. The number of rotatable bonds is 3. The highest BCUT2D eigenvalue weighted by Crippen LogP contribution is 2.44. The molecule has 0 unspecified atom stereocenters. The van der Waals surface area contributed by atoms with Crippen LogP contribution in [0.1, 0.15) is 0 Å². The minimum Gasteiger partial charge on any atom is -0.399 e. The predicted molar refractivity (Wildman–Crippen MR) is 172 cm³/mol. The van der Waals surface area contributed by atoms with Crippen LogP contribution in [-0.2, 0) is 0 Å². The van der Waals surface area contributed by atoms with E-state index in [4.69, 9.17) is 5.73 Å². The number of nitrogen functional groups attached to an aromatic ring is 1. The lowest BCUT2D eigenvalue weighted by Gasteiger charge is -2.18. The molecule has 0 atom stereocenters. The van der Waals surface area contributed by atoms with Crippen molar-refractivity contribution in [1.82, 2.24) is 4.98 Å². The van der Waals surface area contributed by atoms with Gasteiger partial charge in [-0.2, -0.15) is 0 Å². The summed E-state index contributed by atoms with van der Waals surface area (Å²) in [6.07, 6.45) is 0. The number of H-pyrrole nitrogens is 1. The molecule has 0 saturated heterocycles. The van der Waals surface area contributed by atoms with Crippen molar-refractivity contribution in [3.05, 3.63) is 140 Å². The maximum Gasteiger partial charge on any atom is 0.0546 e. The van der Waals surface area contributed by atoms with Crippen molar-refractivity contribution in [2.45, 2.75) is 0 Å². The molecule has 0 bridgehead atoms. The quantitative estimate of drug-likeness (QED) is 0.180. The van der Waals surface area contributed by atoms with Crippen molar-refractivity contribution in [3.8, 4) is 33.4 Å². The predicted octanol–water partition coefficient (Wildman–Crippen LogP) is 10.2. The van der Waals surface area contributed by atoms with Crippen LogP contribution in [0.2, 0.25) is 0 Å². The van der Waals surface area contributed by atoms with E-state index >= 15 is 0 Å². The van der Waals surface area contributed by atoms with Gasteiger partial charge in [-0.3, -0.25) is 0 Å². The number of hydrogen-bond donors (Lipinski definition) is 2. The number of benzene rings is 7. The normalized spacial score (nSPS) is 11.6. The summed E-state index contributed by atoms with van der Waals surface area (Å²) in [5, 5.41) is 7.40. The molecule has 0 spiro atoms. The zero-order valence-corrected chi connectivity index (χ0v) is 21.9. The fraction of sp³-hybridized carbons (Fsp3) is 0. The Hall–Kier alpha value is -5.34. The molecule has 0 saturated carbocycles. The fourth-order valence-corrected chi connectivity index (χ4v) is 6.37. The van der Waals surface area contributed by atoms with Crippen LogP contribution in [0.15, 0.2) is 140 Å². The molecular weight excluding hydrogens is 484 g/mol. The third kappa shape index (κ3) is 3.43. The Morgan fingerprint density at radius 1 is 0.400 bits per heavy atom. The summed E-state index contributed by atoms with van der Waals surface area (Å²) in [5.74, 6) is 0. The first-order chi connectivity index (χ1) is 19.8.